The summed E-state index contributed by atoms with van der Waals surface area (Å²) in [6, 6.07) is 11.6. The van der Waals surface area contributed by atoms with Crippen LogP contribution in [0.25, 0.3) is 21.7 Å². The molecule has 1 amide bonds. The molecule has 0 bridgehead atoms. The predicted molar refractivity (Wildman–Crippen MR) is 122 cm³/mol. The number of para-hydroxylation sites is 1. The summed E-state index contributed by atoms with van der Waals surface area (Å²) in [7, 11) is 0. The van der Waals surface area contributed by atoms with Gasteiger partial charge in [-0.05, 0) is 30.7 Å². The van der Waals surface area contributed by atoms with Crippen molar-refractivity contribution in [2.45, 2.75) is 26.0 Å². The Hall–Kier alpha value is -3.09. The summed E-state index contributed by atoms with van der Waals surface area (Å²) in [4.78, 5) is 38.0. The Bertz CT molecular complexity index is 1420. The van der Waals surface area contributed by atoms with Gasteiger partial charge in [0.25, 0.3) is 0 Å². The Morgan fingerprint density at radius 3 is 2.49 bits per heavy atom. The SMILES string of the molecule is C#C.CC(O)[C@H]1C(=O)N2C(C(=O)[O-])=C(COc3cccc4c(=O)oc5ccccc5c34)[C@H](C)C12.[Na+]. The monoisotopic (exact) mass is 483 g/mol. The van der Waals surface area contributed by atoms with Crippen molar-refractivity contribution in [3.05, 3.63) is 64.2 Å². The summed E-state index contributed by atoms with van der Waals surface area (Å²) in [6.07, 6.45) is 7.11. The number of β-lactam (4-membered cyclic amide) rings is 1. The van der Waals surface area contributed by atoms with Gasteiger partial charge in [-0.2, -0.15) is 0 Å². The fraction of sp³-hybridized carbons (Fsp3) is 0.269. The fourth-order valence-corrected chi connectivity index (χ4v) is 5.00. The molecule has 1 saturated heterocycles. The van der Waals surface area contributed by atoms with Gasteiger partial charge in [-0.15, -0.1) is 12.8 Å². The van der Waals surface area contributed by atoms with Crippen LogP contribution in [0.3, 0.4) is 0 Å². The van der Waals surface area contributed by atoms with Gasteiger partial charge < -0.3 is 29.1 Å². The molecule has 1 fully saturated rings. The van der Waals surface area contributed by atoms with Crippen molar-refractivity contribution >= 4 is 33.6 Å². The van der Waals surface area contributed by atoms with Gasteiger partial charge in [0, 0.05) is 16.7 Å². The summed E-state index contributed by atoms with van der Waals surface area (Å²) in [5.74, 6) is -2.49. The van der Waals surface area contributed by atoms with Crippen LogP contribution in [0.1, 0.15) is 13.8 Å². The number of aliphatic hydroxyl groups excluding tert-OH is 1. The number of ether oxygens (including phenoxy) is 1. The van der Waals surface area contributed by atoms with E-state index in [-0.39, 0.29) is 47.8 Å². The summed E-state index contributed by atoms with van der Waals surface area (Å²) in [5, 5.41) is 23.5. The second-order valence-corrected chi connectivity index (χ2v) is 8.27. The summed E-state index contributed by atoms with van der Waals surface area (Å²) >= 11 is 0. The number of carbonyl (C=O) groups is 2. The van der Waals surface area contributed by atoms with Crippen LogP contribution in [0.4, 0.5) is 0 Å². The first-order valence-electron chi connectivity index (χ1n) is 10.7. The normalized spacial score (nSPS) is 21.5. The first-order chi connectivity index (χ1) is 16.3. The number of terminal acetylenes is 1. The van der Waals surface area contributed by atoms with Crippen LogP contribution in [0.15, 0.2) is 62.9 Å². The molecule has 1 aromatic heterocycles. The molecule has 2 unspecified atom stereocenters. The first-order valence-corrected chi connectivity index (χ1v) is 10.7. The number of aliphatic carboxylic acids is 1. The Labute approximate surface area is 223 Å². The molecule has 0 radical (unpaired) electrons. The van der Waals surface area contributed by atoms with E-state index in [2.05, 4.69) is 12.8 Å². The quantitative estimate of drug-likeness (QED) is 0.153. The topological polar surface area (TPSA) is 120 Å². The minimum Gasteiger partial charge on any atom is -0.543 e. The van der Waals surface area contributed by atoms with E-state index in [4.69, 9.17) is 9.15 Å². The van der Waals surface area contributed by atoms with Gasteiger partial charge in [0.1, 0.15) is 17.9 Å². The van der Waals surface area contributed by atoms with Gasteiger partial charge in [-0.1, -0.05) is 31.2 Å². The number of hydrogen-bond donors (Lipinski definition) is 1. The van der Waals surface area contributed by atoms with Gasteiger partial charge in [-0.3, -0.25) is 4.79 Å². The summed E-state index contributed by atoms with van der Waals surface area (Å²) in [6.45, 7) is 3.22. The van der Waals surface area contributed by atoms with Gasteiger partial charge >= 0.3 is 35.2 Å². The number of carboxylic acid groups (broad SMARTS) is 1. The van der Waals surface area contributed by atoms with Crippen LogP contribution in [0, 0.1) is 24.7 Å². The van der Waals surface area contributed by atoms with Crippen LogP contribution in [-0.2, 0) is 9.59 Å². The number of rotatable bonds is 5. The zero-order valence-electron chi connectivity index (χ0n) is 19.6. The standard InChI is InChI=1S/C24H21NO7.C2H2.Na/c1-11-15(21(23(28)29)25-20(11)18(12(2)26)22(25)27)10-31-17-9-5-7-14-19(17)13-6-3-4-8-16(13)32-24(14)30;1-2;/h3-9,11-12,18,20,26H,10H2,1-2H3,(H,28,29);1-2H;/q;;+1/p-1/t11-,12?,18+,20?;;/m0../s1. The van der Waals surface area contributed by atoms with Crippen molar-refractivity contribution < 1.29 is 58.5 Å². The smallest absolute Gasteiger partial charge is 0.543 e. The number of nitrogens with zero attached hydrogens (tertiary/aromatic N) is 1. The first kappa shape index (κ1) is 26.5. The van der Waals surface area contributed by atoms with E-state index in [0.717, 1.165) is 0 Å². The van der Waals surface area contributed by atoms with Crippen molar-refractivity contribution in [1.29, 1.82) is 0 Å². The van der Waals surface area contributed by atoms with Crippen LogP contribution < -0.4 is 45.0 Å². The largest absolute Gasteiger partial charge is 1.00 e. The minimum absolute atomic E-state index is 0. The van der Waals surface area contributed by atoms with Crippen molar-refractivity contribution in [2.24, 2.45) is 11.8 Å². The molecule has 0 saturated carbocycles. The molecule has 0 spiro atoms. The zero-order chi connectivity index (χ0) is 24.7. The van der Waals surface area contributed by atoms with E-state index in [9.17, 15) is 24.6 Å². The average Bonchev–Trinajstić information content (AvgIpc) is 3.07. The second kappa shape index (κ2) is 10.3. The Kier molecular flexibility index (Phi) is 7.77. The van der Waals surface area contributed by atoms with Crippen molar-refractivity contribution in [2.75, 3.05) is 6.61 Å². The Morgan fingerprint density at radius 1 is 1.17 bits per heavy atom. The molecular weight excluding hydrogens is 461 g/mol. The molecule has 9 heteroatoms. The molecule has 174 valence electrons. The molecule has 3 heterocycles. The summed E-state index contributed by atoms with van der Waals surface area (Å²) < 4.78 is 11.4. The maximum absolute atomic E-state index is 12.5. The average molecular weight is 483 g/mol. The molecule has 2 aliphatic heterocycles. The van der Waals surface area contributed by atoms with E-state index >= 15 is 0 Å². The third-order valence-electron chi connectivity index (χ3n) is 6.50. The number of aliphatic hydroxyl groups is 1. The van der Waals surface area contributed by atoms with Crippen LogP contribution >= 0.6 is 0 Å². The van der Waals surface area contributed by atoms with E-state index in [1.807, 2.05) is 12.1 Å². The molecule has 4 atom stereocenters. The molecule has 3 aromatic rings. The van der Waals surface area contributed by atoms with Gasteiger partial charge in [0.15, 0.2) is 0 Å². The molecule has 2 aliphatic rings. The van der Waals surface area contributed by atoms with Crippen LogP contribution in [-0.4, -0.2) is 40.6 Å². The zero-order valence-corrected chi connectivity index (χ0v) is 21.6. The molecule has 2 aromatic carbocycles. The number of benzene rings is 2. The fourth-order valence-electron chi connectivity index (χ4n) is 5.00. The summed E-state index contributed by atoms with van der Waals surface area (Å²) in [5.41, 5.74) is 0.131. The number of carboxylic acids is 1. The second-order valence-electron chi connectivity index (χ2n) is 8.27. The third kappa shape index (κ3) is 4.15. The van der Waals surface area contributed by atoms with Crippen molar-refractivity contribution in [3.63, 3.8) is 0 Å². The number of carbonyl (C=O) groups excluding carboxylic acids is 2. The van der Waals surface area contributed by atoms with E-state index < -0.39 is 35.6 Å². The molecule has 0 aliphatic carbocycles. The van der Waals surface area contributed by atoms with Gasteiger partial charge in [0.2, 0.25) is 5.91 Å². The van der Waals surface area contributed by atoms with Crippen molar-refractivity contribution in [1.82, 2.24) is 4.90 Å². The van der Waals surface area contributed by atoms with Crippen LogP contribution in [0.2, 0.25) is 0 Å². The number of amides is 1. The van der Waals surface area contributed by atoms with Crippen molar-refractivity contribution in [3.8, 4) is 18.6 Å². The molecule has 1 N–H and O–H groups in total. The molecule has 8 nitrogen and oxygen atoms in total. The Morgan fingerprint density at radius 2 is 1.83 bits per heavy atom. The molecular formula is C26H22NNaO7. The molecule has 35 heavy (non-hydrogen) atoms. The van der Waals surface area contributed by atoms with Gasteiger partial charge in [-0.25, -0.2) is 4.79 Å². The van der Waals surface area contributed by atoms with E-state index in [0.29, 0.717) is 33.1 Å². The Balaban J connectivity index is 0.00000111. The van der Waals surface area contributed by atoms with E-state index in [1.165, 1.54) is 11.8 Å². The maximum Gasteiger partial charge on any atom is 1.00 e. The predicted octanol–water partition coefficient (Wildman–Crippen LogP) is -1.56. The van der Waals surface area contributed by atoms with Gasteiger partial charge in [0.05, 0.1) is 35.1 Å². The number of hydrogen-bond acceptors (Lipinski definition) is 7. The third-order valence-corrected chi connectivity index (χ3v) is 6.50. The van der Waals surface area contributed by atoms with E-state index in [1.54, 1.807) is 37.3 Å². The maximum atomic E-state index is 12.5. The van der Waals surface area contributed by atoms with Crippen LogP contribution in [0.5, 0.6) is 5.75 Å². The minimum atomic E-state index is -1.46. The molecule has 5 rings (SSSR count). The number of fused-ring (bicyclic) bond motifs is 4.